The van der Waals surface area contributed by atoms with Crippen LogP contribution in [-0.4, -0.2) is 30.8 Å². The summed E-state index contributed by atoms with van der Waals surface area (Å²) in [4.78, 5) is 24.1. The number of ether oxygens (including phenoxy) is 1. The minimum Gasteiger partial charge on any atom is -0.456 e. The molecule has 1 heterocycles. The van der Waals surface area contributed by atoms with Gasteiger partial charge in [-0.25, -0.2) is 9.59 Å². The second-order valence-corrected chi connectivity index (χ2v) is 2.23. The molecule has 1 amide bonds. The molecule has 0 aromatic carbocycles. The van der Waals surface area contributed by atoms with E-state index < -0.39 is 5.97 Å². The molecule has 1 aliphatic heterocycles. The standard InChI is InChI=1S/C7H10O2.C2H3NO2/c1-3-5-6-7(8)9-4-2;1-3-2(4)5-3/h3-4H2,1-2H3;1H3. The van der Waals surface area contributed by atoms with Crippen LogP contribution in [0.2, 0.25) is 0 Å². The van der Waals surface area contributed by atoms with E-state index in [0.29, 0.717) is 13.0 Å². The highest BCUT2D eigenvalue weighted by Gasteiger charge is 2.28. The number of hydrogen-bond donors (Lipinski definition) is 0. The number of hydroxylamine groups is 2. The fourth-order valence-corrected chi connectivity index (χ4v) is 0.424. The molecular formula is C9H13NO4. The number of carbonyl (C=O) groups excluding carboxylic acids is 2. The molecule has 14 heavy (non-hydrogen) atoms. The predicted octanol–water partition coefficient (Wildman–Crippen LogP) is 0.946. The summed E-state index contributed by atoms with van der Waals surface area (Å²) in [7, 11) is 1.56. The van der Waals surface area contributed by atoms with Gasteiger partial charge < -0.3 is 9.57 Å². The Morgan fingerprint density at radius 2 is 2.07 bits per heavy atom. The third kappa shape index (κ3) is 6.98. The molecule has 0 atom stereocenters. The lowest BCUT2D eigenvalue weighted by atomic mass is 10.5. The molecule has 0 aromatic heterocycles. The van der Waals surface area contributed by atoms with Gasteiger partial charge in [-0.15, -0.1) is 5.06 Å². The van der Waals surface area contributed by atoms with Crippen molar-refractivity contribution in [3.05, 3.63) is 0 Å². The Morgan fingerprint density at radius 3 is 2.36 bits per heavy atom. The van der Waals surface area contributed by atoms with Gasteiger partial charge in [0, 0.05) is 12.3 Å². The van der Waals surface area contributed by atoms with E-state index in [0.717, 1.165) is 5.06 Å². The lowest BCUT2D eigenvalue weighted by molar-refractivity contribution is -0.136. The zero-order chi connectivity index (χ0) is 11.0. The molecule has 0 radical (unpaired) electrons. The molecule has 5 nitrogen and oxygen atoms in total. The fourth-order valence-electron chi connectivity index (χ4n) is 0.424. The van der Waals surface area contributed by atoms with Gasteiger partial charge in [-0.1, -0.05) is 12.8 Å². The Hall–Kier alpha value is -1.70. The van der Waals surface area contributed by atoms with Gasteiger partial charge in [0.05, 0.1) is 13.7 Å². The summed E-state index contributed by atoms with van der Waals surface area (Å²) in [5.74, 6) is 4.50. The molecule has 0 aliphatic carbocycles. The van der Waals surface area contributed by atoms with Crippen LogP contribution in [0.25, 0.3) is 0 Å². The van der Waals surface area contributed by atoms with E-state index >= 15 is 0 Å². The van der Waals surface area contributed by atoms with E-state index in [1.54, 1.807) is 14.0 Å². The van der Waals surface area contributed by atoms with Crippen LogP contribution >= 0.6 is 0 Å². The zero-order valence-electron chi connectivity index (χ0n) is 8.49. The average molecular weight is 199 g/mol. The monoisotopic (exact) mass is 199 g/mol. The molecule has 0 spiro atoms. The van der Waals surface area contributed by atoms with Gasteiger partial charge >= 0.3 is 12.1 Å². The molecule has 1 rings (SSSR count). The van der Waals surface area contributed by atoms with Crippen molar-refractivity contribution in [3.8, 4) is 11.8 Å². The predicted molar refractivity (Wildman–Crippen MR) is 48.9 cm³/mol. The van der Waals surface area contributed by atoms with Gasteiger partial charge in [0.1, 0.15) is 0 Å². The van der Waals surface area contributed by atoms with Crippen molar-refractivity contribution in [3.63, 3.8) is 0 Å². The quantitative estimate of drug-likeness (QED) is 0.273. The van der Waals surface area contributed by atoms with Crippen molar-refractivity contribution in [1.29, 1.82) is 0 Å². The van der Waals surface area contributed by atoms with Crippen LogP contribution in [-0.2, 0) is 14.4 Å². The molecule has 1 saturated heterocycles. The van der Waals surface area contributed by atoms with Gasteiger partial charge in [-0.05, 0) is 6.92 Å². The van der Waals surface area contributed by atoms with Crippen molar-refractivity contribution in [2.24, 2.45) is 0 Å². The van der Waals surface area contributed by atoms with E-state index in [-0.39, 0.29) is 6.09 Å². The molecule has 78 valence electrons. The van der Waals surface area contributed by atoms with Crippen molar-refractivity contribution in [2.45, 2.75) is 20.3 Å². The lowest BCUT2D eigenvalue weighted by Crippen LogP contribution is -1.99. The topological polar surface area (TPSA) is 58.9 Å². The van der Waals surface area contributed by atoms with Gasteiger partial charge in [-0.2, -0.15) is 0 Å². The van der Waals surface area contributed by atoms with Crippen molar-refractivity contribution in [1.82, 2.24) is 5.06 Å². The smallest absolute Gasteiger partial charge is 0.456 e. The maximum atomic E-state index is 10.4. The SMILES string of the molecule is CCC#CC(=O)OCC.CN1OC1=O. The highest BCUT2D eigenvalue weighted by molar-refractivity contribution is 5.88. The van der Waals surface area contributed by atoms with E-state index in [1.165, 1.54) is 0 Å². The Bertz CT molecular complexity index is 264. The number of esters is 1. The second kappa shape index (κ2) is 6.78. The molecule has 0 saturated carbocycles. The summed E-state index contributed by atoms with van der Waals surface area (Å²) >= 11 is 0. The van der Waals surface area contributed by atoms with Gasteiger partial charge in [0.25, 0.3) is 0 Å². The molecule has 0 aromatic rings. The maximum Gasteiger partial charge on any atom is 0.467 e. The average Bonchev–Trinajstić information content (AvgIpc) is 2.78. The first-order valence-corrected chi connectivity index (χ1v) is 4.23. The number of hydrogen-bond acceptors (Lipinski definition) is 4. The molecule has 0 bridgehead atoms. The zero-order valence-corrected chi connectivity index (χ0v) is 8.49. The van der Waals surface area contributed by atoms with Crippen molar-refractivity contribution in [2.75, 3.05) is 13.7 Å². The normalized spacial score (nSPS) is 11.4. The number of carbonyl (C=O) groups is 2. The van der Waals surface area contributed by atoms with Gasteiger partial charge in [0.2, 0.25) is 0 Å². The highest BCUT2D eigenvalue weighted by Crippen LogP contribution is 2.04. The largest absolute Gasteiger partial charge is 0.467 e. The molecule has 5 heteroatoms. The van der Waals surface area contributed by atoms with Gasteiger partial charge in [0.15, 0.2) is 0 Å². The van der Waals surface area contributed by atoms with Crippen LogP contribution in [0.3, 0.4) is 0 Å². The van der Waals surface area contributed by atoms with E-state index in [1.807, 2.05) is 6.92 Å². The van der Waals surface area contributed by atoms with Crippen LogP contribution in [0.4, 0.5) is 4.79 Å². The third-order valence-electron chi connectivity index (χ3n) is 1.08. The second-order valence-electron chi connectivity index (χ2n) is 2.23. The molecule has 0 N–H and O–H groups in total. The molecular weight excluding hydrogens is 186 g/mol. The fraction of sp³-hybridized carbons (Fsp3) is 0.556. The van der Waals surface area contributed by atoms with E-state index in [9.17, 15) is 9.59 Å². The summed E-state index contributed by atoms with van der Waals surface area (Å²) in [5, 5.41) is 1.15. The maximum absolute atomic E-state index is 10.4. The minimum absolute atomic E-state index is 0.245. The van der Waals surface area contributed by atoms with Crippen LogP contribution in [0.5, 0.6) is 0 Å². The summed E-state index contributed by atoms with van der Waals surface area (Å²) in [6.45, 7) is 4.04. The minimum atomic E-state index is -0.431. The lowest BCUT2D eigenvalue weighted by Gasteiger charge is -1.89. The molecule has 0 unspecified atom stereocenters. The number of rotatable bonds is 1. The first-order chi connectivity index (χ1) is 6.61. The van der Waals surface area contributed by atoms with Crippen molar-refractivity contribution >= 4 is 12.1 Å². The Morgan fingerprint density at radius 1 is 1.57 bits per heavy atom. The van der Waals surface area contributed by atoms with Gasteiger partial charge in [-0.3, -0.25) is 0 Å². The Balaban J connectivity index is 0.000000280. The summed E-state index contributed by atoms with van der Waals surface area (Å²) in [6, 6.07) is 0. The molecule has 1 fully saturated rings. The first-order valence-electron chi connectivity index (χ1n) is 4.23. The third-order valence-corrected chi connectivity index (χ3v) is 1.08. The summed E-state index contributed by atoms with van der Waals surface area (Å²) in [5.41, 5.74) is 0. The van der Waals surface area contributed by atoms with Crippen LogP contribution in [0, 0.1) is 11.8 Å². The summed E-state index contributed by atoms with van der Waals surface area (Å²) in [6.07, 6.45) is 0.448. The Kier molecular flexibility index (Phi) is 5.95. The first kappa shape index (κ1) is 12.3. The Labute approximate surface area is 82.9 Å². The van der Waals surface area contributed by atoms with E-state index in [2.05, 4.69) is 21.4 Å². The van der Waals surface area contributed by atoms with Crippen LogP contribution in [0.15, 0.2) is 0 Å². The highest BCUT2D eigenvalue weighted by atomic mass is 16.9. The van der Waals surface area contributed by atoms with Crippen molar-refractivity contribution < 1.29 is 19.2 Å². The molecule has 1 aliphatic rings. The van der Waals surface area contributed by atoms with E-state index in [4.69, 9.17) is 0 Å². The van der Waals surface area contributed by atoms with Crippen LogP contribution < -0.4 is 0 Å². The van der Waals surface area contributed by atoms with Crippen LogP contribution in [0.1, 0.15) is 20.3 Å². The summed E-state index contributed by atoms with van der Waals surface area (Å²) < 4.78 is 4.53. The number of amides is 1. The number of nitrogens with zero attached hydrogens (tertiary/aromatic N) is 1.